The molecule has 0 spiro atoms. The van der Waals surface area contributed by atoms with Crippen LogP contribution in [0.4, 0.5) is 0 Å². The first-order chi connectivity index (χ1) is 9.74. The van der Waals surface area contributed by atoms with Gasteiger partial charge in [-0.15, -0.1) is 0 Å². The predicted molar refractivity (Wildman–Crippen MR) is 77.5 cm³/mol. The first-order valence-electron chi connectivity index (χ1n) is 7.37. The molecule has 2 aliphatic heterocycles. The van der Waals surface area contributed by atoms with E-state index in [4.69, 9.17) is 0 Å². The van der Waals surface area contributed by atoms with E-state index in [-0.39, 0.29) is 5.91 Å². The minimum Gasteiger partial charge on any atom is -0.340 e. The fraction of sp³-hybridized carbons (Fsp3) is 0.600. The molecule has 2 fully saturated rings. The molecule has 0 unspecified atom stereocenters. The summed E-state index contributed by atoms with van der Waals surface area (Å²) < 4.78 is 0. The Kier molecular flexibility index (Phi) is 3.98. The Morgan fingerprint density at radius 3 is 2.70 bits per heavy atom. The highest BCUT2D eigenvalue weighted by Crippen LogP contribution is 2.12. The molecule has 20 heavy (non-hydrogen) atoms. The van der Waals surface area contributed by atoms with E-state index < -0.39 is 0 Å². The van der Waals surface area contributed by atoms with Gasteiger partial charge in [-0.2, -0.15) is 0 Å². The first-order valence-corrected chi connectivity index (χ1v) is 7.37. The van der Waals surface area contributed by atoms with Crippen molar-refractivity contribution in [2.75, 3.05) is 39.3 Å². The third-order valence-corrected chi connectivity index (χ3v) is 4.38. The Balaban J connectivity index is 1.52. The lowest BCUT2D eigenvalue weighted by atomic mass is 10.1. The summed E-state index contributed by atoms with van der Waals surface area (Å²) in [5, 5.41) is 3.30. The van der Waals surface area contributed by atoms with E-state index in [1.165, 1.54) is 0 Å². The molecule has 5 heteroatoms. The summed E-state index contributed by atoms with van der Waals surface area (Å²) in [7, 11) is 0. The highest BCUT2D eigenvalue weighted by atomic mass is 16.2. The molecule has 3 heterocycles. The van der Waals surface area contributed by atoms with Crippen molar-refractivity contribution in [2.45, 2.75) is 19.4 Å². The van der Waals surface area contributed by atoms with Crippen LogP contribution in [0.2, 0.25) is 0 Å². The van der Waals surface area contributed by atoms with Crippen molar-refractivity contribution >= 4 is 5.91 Å². The number of pyridine rings is 1. The minimum absolute atomic E-state index is 0.207. The number of rotatable bonds is 3. The van der Waals surface area contributed by atoms with Crippen LogP contribution in [-0.2, 0) is 11.2 Å². The average molecular weight is 274 g/mol. The topological polar surface area (TPSA) is 48.5 Å². The molecule has 1 N–H and O–H groups in total. The van der Waals surface area contributed by atoms with Crippen molar-refractivity contribution in [1.82, 2.24) is 20.1 Å². The fourth-order valence-electron chi connectivity index (χ4n) is 2.83. The van der Waals surface area contributed by atoms with Gasteiger partial charge in [0.05, 0.1) is 12.1 Å². The largest absolute Gasteiger partial charge is 0.340 e. The van der Waals surface area contributed by atoms with E-state index >= 15 is 0 Å². The third kappa shape index (κ3) is 2.83. The highest BCUT2D eigenvalue weighted by molar-refractivity contribution is 5.78. The van der Waals surface area contributed by atoms with Gasteiger partial charge in [-0.25, -0.2) is 0 Å². The molecular weight excluding hydrogens is 252 g/mol. The van der Waals surface area contributed by atoms with Gasteiger partial charge in [0.2, 0.25) is 5.91 Å². The molecule has 0 aromatic carbocycles. The Bertz CT molecular complexity index is 479. The van der Waals surface area contributed by atoms with E-state index in [1.807, 2.05) is 24.0 Å². The number of nitrogens with zero attached hydrogens (tertiary/aromatic N) is 3. The van der Waals surface area contributed by atoms with Crippen molar-refractivity contribution in [2.24, 2.45) is 0 Å². The second kappa shape index (κ2) is 5.89. The highest BCUT2D eigenvalue weighted by Gasteiger charge is 2.29. The number of carbonyl (C=O) groups excluding carboxylic acids is 1. The molecule has 0 bridgehead atoms. The predicted octanol–water partition coefficient (Wildman–Crippen LogP) is 0.0485. The van der Waals surface area contributed by atoms with Gasteiger partial charge in [0, 0.05) is 51.5 Å². The molecule has 2 aliphatic rings. The van der Waals surface area contributed by atoms with Crippen molar-refractivity contribution in [3.8, 4) is 0 Å². The Hall–Kier alpha value is -1.46. The molecule has 1 aromatic heterocycles. The van der Waals surface area contributed by atoms with E-state index in [0.29, 0.717) is 12.5 Å². The second-order valence-electron chi connectivity index (χ2n) is 5.67. The average Bonchev–Trinajstić information content (AvgIpc) is 2.40. The third-order valence-electron chi connectivity index (χ3n) is 4.38. The number of hydrogen-bond acceptors (Lipinski definition) is 4. The van der Waals surface area contributed by atoms with Gasteiger partial charge in [0.15, 0.2) is 0 Å². The van der Waals surface area contributed by atoms with Crippen molar-refractivity contribution in [1.29, 1.82) is 0 Å². The molecule has 5 nitrogen and oxygen atoms in total. The summed E-state index contributed by atoms with van der Waals surface area (Å²) in [5.74, 6) is 0.207. The quantitative estimate of drug-likeness (QED) is 0.846. The van der Waals surface area contributed by atoms with Crippen LogP contribution in [0.3, 0.4) is 0 Å². The van der Waals surface area contributed by atoms with Crippen LogP contribution in [-0.4, -0.2) is 66.0 Å². The maximum Gasteiger partial charge on any atom is 0.228 e. The van der Waals surface area contributed by atoms with Crippen LogP contribution < -0.4 is 5.32 Å². The molecule has 3 rings (SSSR count). The summed E-state index contributed by atoms with van der Waals surface area (Å²) in [6.45, 7) is 7.90. The van der Waals surface area contributed by atoms with Gasteiger partial charge >= 0.3 is 0 Å². The van der Waals surface area contributed by atoms with E-state index in [2.05, 4.69) is 15.2 Å². The number of aromatic nitrogens is 1. The van der Waals surface area contributed by atoms with Crippen molar-refractivity contribution in [3.63, 3.8) is 0 Å². The maximum atomic E-state index is 12.3. The minimum atomic E-state index is 0.207. The molecule has 1 amide bonds. The smallest absolute Gasteiger partial charge is 0.228 e. The number of hydrogen-bond donors (Lipinski definition) is 1. The number of amides is 1. The Morgan fingerprint density at radius 1 is 1.35 bits per heavy atom. The van der Waals surface area contributed by atoms with Gasteiger partial charge in [0.1, 0.15) is 0 Å². The number of carbonyl (C=O) groups is 1. The zero-order valence-corrected chi connectivity index (χ0v) is 12.0. The van der Waals surface area contributed by atoms with Crippen molar-refractivity contribution < 1.29 is 4.79 Å². The summed E-state index contributed by atoms with van der Waals surface area (Å²) >= 11 is 0. The first kappa shape index (κ1) is 13.5. The summed E-state index contributed by atoms with van der Waals surface area (Å²) in [6.07, 6.45) is 2.19. The number of aryl methyl sites for hydroxylation is 1. The zero-order chi connectivity index (χ0) is 13.9. The fourth-order valence-corrected chi connectivity index (χ4v) is 2.83. The molecule has 0 radical (unpaired) electrons. The van der Waals surface area contributed by atoms with Gasteiger partial charge in [-0.3, -0.25) is 14.7 Å². The maximum absolute atomic E-state index is 12.3. The molecule has 1 aromatic rings. The van der Waals surface area contributed by atoms with E-state index in [9.17, 15) is 4.79 Å². The van der Waals surface area contributed by atoms with Gasteiger partial charge < -0.3 is 10.2 Å². The van der Waals surface area contributed by atoms with Crippen LogP contribution in [0.15, 0.2) is 18.3 Å². The summed E-state index contributed by atoms with van der Waals surface area (Å²) in [6, 6.07) is 4.61. The van der Waals surface area contributed by atoms with E-state index in [1.54, 1.807) is 6.20 Å². The molecule has 0 atom stereocenters. The zero-order valence-electron chi connectivity index (χ0n) is 12.0. The standard InChI is InChI=1S/C15H22N4O/c1-12-3-2-4-17-14(12)9-15(20)19-7-5-18(6-8-19)13-10-16-11-13/h2-4,13,16H,5-11H2,1H3. The summed E-state index contributed by atoms with van der Waals surface area (Å²) in [4.78, 5) is 21.1. The number of piperazine rings is 1. The van der Waals surface area contributed by atoms with Crippen molar-refractivity contribution in [3.05, 3.63) is 29.6 Å². The van der Waals surface area contributed by atoms with Crippen LogP contribution in [0, 0.1) is 6.92 Å². The van der Waals surface area contributed by atoms with Crippen LogP contribution in [0.25, 0.3) is 0 Å². The van der Waals surface area contributed by atoms with E-state index in [0.717, 1.165) is 50.5 Å². The Labute approximate surface area is 120 Å². The molecule has 0 saturated carbocycles. The SMILES string of the molecule is Cc1cccnc1CC(=O)N1CCN(C2CNC2)CC1. The molecule has 0 aliphatic carbocycles. The number of nitrogens with one attached hydrogen (secondary N) is 1. The lowest BCUT2D eigenvalue weighted by Gasteiger charge is -2.43. The second-order valence-corrected chi connectivity index (χ2v) is 5.67. The molecule has 108 valence electrons. The van der Waals surface area contributed by atoms with Gasteiger partial charge in [-0.1, -0.05) is 6.07 Å². The lowest BCUT2D eigenvalue weighted by molar-refractivity contribution is -0.132. The normalized spacial score (nSPS) is 20.8. The summed E-state index contributed by atoms with van der Waals surface area (Å²) in [5.41, 5.74) is 2.00. The van der Waals surface area contributed by atoms with Crippen LogP contribution >= 0.6 is 0 Å². The Morgan fingerprint density at radius 2 is 2.10 bits per heavy atom. The molecular formula is C15H22N4O. The van der Waals surface area contributed by atoms with Crippen LogP contribution in [0.1, 0.15) is 11.3 Å². The lowest BCUT2D eigenvalue weighted by Crippen LogP contribution is -2.62. The van der Waals surface area contributed by atoms with Gasteiger partial charge in [-0.05, 0) is 18.6 Å². The van der Waals surface area contributed by atoms with Gasteiger partial charge in [0.25, 0.3) is 0 Å². The monoisotopic (exact) mass is 274 g/mol. The van der Waals surface area contributed by atoms with Crippen LogP contribution in [0.5, 0.6) is 0 Å². The molecule has 2 saturated heterocycles.